The molecule has 0 rings (SSSR count). The fourth-order valence-electron chi connectivity index (χ4n) is 2.16. The molecule has 0 aliphatic rings. The van der Waals surface area contributed by atoms with Crippen molar-refractivity contribution in [3.63, 3.8) is 0 Å². The Bertz CT molecular complexity index is 390. The van der Waals surface area contributed by atoms with Crippen molar-refractivity contribution in [2.24, 2.45) is 23.3 Å². The van der Waals surface area contributed by atoms with Crippen LogP contribution < -0.4 is 22.1 Å². The number of aliphatic hydroxyl groups is 1. The first kappa shape index (κ1) is 30.2. The van der Waals surface area contributed by atoms with E-state index in [9.17, 15) is 14.4 Å². The van der Waals surface area contributed by atoms with Crippen LogP contribution in [0.5, 0.6) is 0 Å². The van der Waals surface area contributed by atoms with E-state index in [1.54, 1.807) is 13.8 Å². The summed E-state index contributed by atoms with van der Waals surface area (Å²) >= 11 is 0. The predicted octanol–water partition coefficient (Wildman–Crippen LogP) is 0.561. The van der Waals surface area contributed by atoms with E-state index in [-0.39, 0.29) is 37.3 Å². The monoisotopic (exact) mass is 390 g/mol. The van der Waals surface area contributed by atoms with Crippen LogP contribution in [-0.4, -0.2) is 55.0 Å². The first-order valence-electron chi connectivity index (χ1n) is 9.87. The molecule has 2 unspecified atom stereocenters. The van der Waals surface area contributed by atoms with Gasteiger partial charge in [0.25, 0.3) is 0 Å². The third-order valence-corrected chi connectivity index (χ3v) is 3.36. The maximum Gasteiger partial charge on any atom is 0.239 e. The average Bonchev–Trinajstić information content (AvgIpc) is 2.65. The van der Waals surface area contributed by atoms with E-state index in [0.29, 0.717) is 31.7 Å². The van der Waals surface area contributed by atoms with Crippen LogP contribution in [0.4, 0.5) is 0 Å². The Kier molecular flexibility index (Phi) is 23.3. The first-order chi connectivity index (χ1) is 12.8. The zero-order chi connectivity index (χ0) is 21.8. The molecule has 0 spiro atoms. The SMILES string of the molecule is CC.CCC(=O)C(CCN)NC(=O)CNC(=O)C(CN)CC(C)C.CCO. The number of Topliss-reactive ketones (excluding diaryl/α,β-unsaturated/α-hetero) is 1. The molecule has 0 aliphatic heterocycles. The van der Waals surface area contributed by atoms with E-state index in [4.69, 9.17) is 16.6 Å². The largest absolute Gasteiger partial charge is 0.397 e. The van der Waals surface area contributed by atoms with Crippen molar-refractivity contribution in [2.45, 2.75) is 66.8 Å². The van der Waals surface area contributed by atoms with E-state index >= 15 is 0 Å². The maximum atomic E-state index is 12.0. The van der Waals surface area contributed by atoms with Crippen LogP contribution in [-0.2, 0) is 14.4 Å². The second-order valence-electron chi connectivity index (χ2n) is 6.11. The average molecular weight is 391 g/mol. The van der Waals surface area contributed by atoms with Gasteiger partial charge in [0.2, 0.25) is 11.8 Å². The van der Waals surface area contributed by atoms with Gasteiger partial charge in [0, 0.05) is 19.6 Å². The Hall–Kier alpha value is -1.51. The van der Waals surface area contributed by atoms with Crippen molar-refractivity contribution in [1.82, 2.24) is 10.6 Å². The lowest BCUT2D eigenvalue weighted by molar-refractivity contribution is -0.130. The van der Waals surface area contributed by atoms with Crippen molar-refractivity contribution >= 4 is 17.6 Å². The molecule has 0 aromatic heterocycles. The van der Waals surface area contributed by atoms with Crippen molar-refractivity contribution in [3.05, 3.63) is 0 Å². The lowest BCUT2D eigenvalue weighted by Crippen LogP contribution is -2.47. The highest BCUT2D eigenvalue weighted by molar-refractivity contribution is 5.91. The van der Waals surface area contributed by atoms with E-state index < -0.39 is 11.9 Å². The van der Waals surface area contributed by atoms with Crippen LogP contribution >= 0.6 is 0 Å². The summed E-state index contributed by atoms with van der Waals surface area (Å²) in [6.07, 6.45) is 1.40. The Balaban J connectivity index is -0.00000104. The molecule has 0 heterocycles. The van der Waals surface area contributed by atoms with E-state index in [1.807, 2.05) is 27.7 Å². The van der Waals surface area contributed by atoms with Crippen molar-refractivity contribution in [1.29, 1.82) is 0 Å². The van der Waals surface area contributed by atoms with Crippen molar-refractivity contribution in [2.75, 3.05) is 26.2 Å². The van der Waals surface area contributed by atoms with Gasteiger partial charge in [-0.2, -0.15) is 0 Å². The van der Waals surface area contributed by atoms with Crippen LogP contribution in [0, 0.1) is 11.8 Å². The number of carbonyl (C=O) groups excluding carboxylic acids is 3. The predicted molar refractivity (Wildman–Crippen MR) is 110 cm³/mol. The summed E-state index contributed by atoms with van der Waals surface area (Å²) in [5, 5.41) is 12.7. The summed E-state index contributed by atoms with van der Waals surface area (Å²) in [7, 11) is 0. The molecule has 2 atom stereocenters. The molecule has 0 aromatic carbocycles. The topological polar surface area (TPSA) is 148 Å². The van der Waals surface area contributed by atoms with Crippen LogP contribution in [0.3, 0.4) is 0 Å². The standard InChI is InChI=1S/C15H30N4O3.C2H6O.C2H6/c1-4-13(20)12(5-6-16)19-14(21)9-18-15(22)11(8-17)7-10(2)3;1-2-3;1-2/h10-12H,4-9,16-17H2,1-3H3,(H,18,22)(H,19,21);3H,2H2,1H3;1-2H3. The zero-order valence-electron chi connectivity index (χ0n) is 18.0. The van der Waals surface area contributed by atoms with Gasteiger partial charge >= 0.3 is 0 Å². The lowest BCUT2D eigenvalue weighted by Gasteiger charge is -2.18. The van der Waals surface area contributed by atoms with Gasteiger partial charge in [-0.05, 0) is 32.2 Å². The normalized spacial score (nSPS) is 11.9. The molecule has 0 aromatic rings. The van der Waals surface area contributed by atoms with E-state index in [2.05, 4.69) is 10.6 Å². The minimum absolute atomic E-state index is 0.0650. The van der Waals surface area contributed by atoms with Crippen LogP contribution in [0.2, 0.25) is 0 Å². The molecule has 0 fully saturated rings. The molecular formula is C19H42N4O4. The Morgan fingerprint density at radius 1 is 1.07 bits per heavy atom. The van der Waals surface area contributed by atoms with Crippen LogP contribution in [0.15, 0.2) is 0 Å². The highest BCUT2D eigenvalue weighted by Gasteiger charge is 2.21. The molecular weight excluding hydrogens is 348 g/mol. The Labute approximate surface area is 164 Å². The molecule has 0 bridgehead atoms. The third kappa shape index (κ3) is 17.7. The second-order valence-corrected chi connectivity index (χ2v) is 6.11. The van der Waals surface area contributed by atoms with Crippen LogP contribution in [0.1, 0.15) is 60.8 Å². The van der Waals surface area contributed by atoms with Crippen molar-refractivity contribution in [3.8, 4) is 0 Å². The third-order valence-electron chi connectivity index (χ3n) is 3.36. The number of ketones is 1. The number of amides is 2. The van der Waals surface area contributed by atoms with Crippen molar-refractivity contribution < 1.29 is 19.5 Å². The minimum atomic E-state index is -0.583. The van der Waals surface area contributed by atoms with Gasteiger partial charge in [-0.15, -0.1) is 0 Å². The molecule has 0 saturated carbocycles. The highest BCUT2D eigenvalue weighted by atomic mass is 16.2. The molecule has 0 saturated heterocycles. The van der Waals surface area contributed by atoms with Gasteiger partial charge in [-0.3, -0.25) is 14.4 Å². The Morgan fingerprint density at radius 2 is 1.59 bits per heavy atom. The fraction of sp³-hybridized carbons (Fsp3) is 0.842. The van der Waals surface area contributed by atoms with Gasteiger partial charge in [0.15, 0.2) is 5.78 Å². The summed E-state index contributed by atoms with van der Waals surface area (Å²) in [6.45, 7) is 12.1. The molecule has 8 heteroatoms. The quantitative estimate of drug-likeness (QED) is 0.348. The van der Waals surface area contributed by atoms with E-state index in [0.717, 1.165) is 0 Å². The smallest absolute Gasteiger partial charge is 0.239 e. The summed E-state index contributed by atoms with van der Waals surface area (Å²) in [4.78, 5) is 35.5. The highest BCUT2D eigenvalue weighted by Crippen LogP contribution is 2.10. The van der Waals surface area contributed by atoms with Gasteiger partial charge in [-0.25, -0.2) is 0 Å². The number of rotatable bonds is 11. The maximum absolute atomic E-state index is 12.0. The number of hydrogen-bond acceptors (Lipinski definition) is 6. The zero-order valence-corrected chi connectivity index (χ0v) is 18.0. The minimum Gasteiger partial charge on any atom is -0.397 e. The lowest BCUT2D eigenvalue weighted by atomic mass is 9.96. The summed E-state index contributed by atoms with van der Waals surface area (Å²) < 4.78 is 0. The van der Waals surface area contributed by atoms with Gasteiger partial charge in [-0.1, -0.05) is 34.6 Å². The molecule has 0 radical (unpaired) electrons. The summed E-state index contributed by atoms with van der Waals surface area (Å²) in [5.74, 6) is -0.642. The molecule has 2 amide bonds. The fourth-order valence-corrected chi connectivity index (χ4v) is 2.16. The number of nitrogens with one attached hydrogen (secondary N) is 2. The van der Waals surface area contributed by atoms with E-state index in [1.165, 1.54) is 0 Å². The number of carbonyl (C=O) groups is 3. The molecule has 7 N–H and O–H groups in total. The molecule has 162 valence electrons. The second kappa shape index (κ2) is 20.8. The van der Waals surface area contributed by atoms with Gasteiger partial charge in [0.1, 0.15) is 0 Å². The summed E-state index contributed by atoms with van der Waals surface area (Å²) in [5.41, 5.74) is 11.0. The van der Waals surface area contributed by atoms with Gasteiger partial charge in [0.05, 0.1) is 18.5 Å². The number of hydrogen-bond donors (Lipinski definition) is 5. The molecule has 8 nitrogen and oxygen atoms in total. The van der Waals surface area contributed by atoms with Crippen LogP contribution in [0.25, 0.3) is 0 Å². The Morgan fingerprint density at radius 3 is 1.96 bits per heavy atom. The first-order valence-corrected chi connectivity index (χ1v) is 9.87. The number of aliphatic hydroxyl groups excluding tert-OH is 1. The van der Waals surface area contributed by atoms with Gasteiger partial charge < -0.3 is 27.2 Å². The molecule has 27 heavy (non-hydrogen) atoms. The summed E-state index contributed by atoms with van der Waals surface area (Å²) in [6, 6.07) is -0.583. The molecule has 0 aliphatic carbocycles. The number of nitrogens with two attached hydrogens (primary N) is 2.